The second-order valence-corrected chi connectivity index (χ2v) is 36.2. The Morgan fingerprint density at radius 2 is 1.19 bits per heavy atom. The average molecular weight is 1690 g/mol. The van der Waals surface area contributed by atoms with E-state index in [1.165, 1.54) is 40.9 Å². The van der Waals surface area contributed by atoms with Crippen molar-refractivity contribution in [3.63, 3.8) is 0 Å². The smallest absolute Gasteiger partial charge is 0.331 e. The highest BCUT2D eigenvalue weighted by atomic mass is 16.8. The number of aliphatic carboxylic acids is 2. The van der Waals surface area contributed by atoms with E-state index in [2.05, 4.69) is 6.92 Å². The van der Waals surface area contributed by atoms with E-state index in [1.807, 2.05) is 26.8 Å². The number of benzene rings is 1. The molecule has 11 aliphatic rings. The molecule has 0 aromatic heterocycles. The fourth-order valence-electron chi connectivity index (χ4n) is 21.1. The largest absolute Gasteiger partial charge is 0.497 e. The number of methoxy groups -OCH3 is 1. The van der Waals surface area contributed by atoms with Crippen LogP contribution in [0.3, 0.4) is 0 Å². The van der Waals surface area contributed by atoms with Crippen LogP contribution in [0.4, 0.5) is 0 Å². The second-order valence-electron chi connectivity index (χ2n) is 36.2. The van der Waals surface area contributed by atoms with E-state index in [0.717, 1.165) is 18.6 Å². The number of allylic oxidation sites excluding steroid dienone is 1. The van der Waals surface area contributed by atoms with Gasteiger partial charge in [-0.2, -0.15) is 0 Å². The Balaban J connectivity index is 0.907. The molecule has 10 fully saturated rings. The molecule has 666 valence electrons. The summed E-state index contributed by atoms with van der Waals surface area (Å²) in [4.78, 5) is 69.6. The van der Waals surface area contributed by atoms with Crippen LogP contribution >= 0.6 is 0 Å². The first-order chi connectivity index (χ1) is 55.3. The standard InChI is InChI=1S/C80H118O38/c1-34-49(89)52(92)55(95)66(108-34)115-61-59(112-47(87)18-13-37-11-14-38(104-10)15-12-37)36(3)110-69(62(61)116-68-57(97)60(58(35(2)109-68)113-65-54(94)50(90)42(84)30-105-65)114-70-63(98)80(103,33-107-70)32-106-48(88)28-74(6,102)27-46(85)86)118-72(101)78-22-21-73(4,5)25-40(78)39-16-17-44-75(7)26-41(83)64(117-67-56(96)53(93)51(91)43(29-81)111-67)77(9,71(99)100)45(75)19-20-76(44,8)79(39,31-82)24-23-78/h11-16,18,34-36,40-45,49-70,81-84,89-98,102-103H,17,19-33H2,1-10H3,(H,85,86)(H,99,100)/t34-,35-,36+,40-,41-,42+,43+,44+,45+,49-,50-,51+,52+,53-,54+,55+,56+,57+,58-,59-,60-,61-,62+,63-,64-,65-,66-,67-,68-,69-,70-,74-,75+,76+,77-,78-,79-,80+/m0/s1. The van der Waals surface area contributed by atoms with Gasteiger partial charge in [0.05, 0.1) is 87.2 Å². The minimum Gasteiger partial charge on any atom is -0.497 e. The average Bonchev–Trinajstić information content (AvgIpc) is 0.693. The molecule has 0 unspecified atom stereocenters. The van der Waals surface area contributed by atoms with Gasteiger partial charge in [-0.15, -0.1) is 0 Å². The molecule has 0 radical (unpaired) electrons. The van der Waals surface area contributed by atoms with Crippen molar-refractivity contribution < 1.29 is 187 Å². The quantitative estimate of drug-likeness (QED) is 0.0157. The number of aliphatic hydroxyl groups excluding tert-OH is 14. The molecule has 6 saturated heterocycles. The van der Waals surface area contributed by atoms with E-state index in [-0.39, 0.29) is 38.5 Å². The van der Waals surface area contributed by atoms with Gasteiger partial charge in [0, 0.05) is 11.5 Å². The van der Waals surface area contributed by atoms with Gasteiger partial charge >= 0.3 is 29.8 Å². The van der Waals surface area contributed by atoms with E-state index in [9.17, 15) is 111 Å². The van der Waals surface area contributed by atoms with Crippen LogP contribution in [0.1, 0.15) is 139 Å². The predicted octanol–water partition coefficient (Wildman–Crippen LogP) is -2.58. The van der Waals surface area contributed by atoms with Crippen LogP contribution in [0.2, 0.25) is 0 Å². The number of hydrogen-bond donors (Lipinski definition) is 18. The second kappa shape index (κ2) is 35.1. The fraction of sp³-hybridized carbons (Fsp3) is 0.812. The van der Waals surface area contributed by atoms with Crippen molar-refractivity contribution in [1.82, 2.24) is 0 Å². The maximum absolute atomic E-state index is 16.6. The lowest BCUT2D eigenvalue weighted by atomic mass is 9.33. The number of rotatable bonds is 25. The summed E-state index contributed by atoms with van der Waals surface area (Å²) in [5, 5.41) is 202. The highest BCUT2D eigenvalue weighted by Crippen LogP contribution is 2.76. The van der Waals surface area contributed by atoms with Crippen LogP contribution in [0, 0.1) is 50.2 Å². The molecule has 0 spiro atoms. The Morgan fingerprint density at radius 1 is 0.593 bits per heavy atom. The van der Waals surface area contributed by atoms with Gasteiger partial charge in [-0.05, 0) is 150 Å². The molecule has 1 aromatic rings. The number of carboxylic acids is 2. The van der Waals surface area contributed by atoms with Gasteiger partial charge in [0.2, 0.25) is 6.29 Å². The van der Waals surface area contributed by atoms with Crippen molar-refractivity contribution in [1.29, 1.82) is 0 Å². The first-order valence-electron chi connectivity index (χ1n) is 40.3. The van der Waals surface area contributed by atoms with Gasteiger partial charge < -0.3 is 163 Å². The van der Waals surface area contributed by atoms with E-state index in [1.54, 1.807) is 24.3 Å². The fourth-order valence-corrected chi connectivity index (χ4v) is 21.1. The van der Waals surface area contributed by atoms with Crippen LogP contribution in [-0.4, -0.2) is 345 Å². The SMILES string of the molecule is COc1ccc(C=CC(=O)O[C@@H]2[C@H](O[C@@H]3O[C@@H](C)[C@H](O)[C@@H](O)[C@H]3O)[C@@H](O[C@@H]3O[C@@H](C)[C@H](O[C@@H]4OC[C@@H](O)[C@H](O)[C@H]4O)[C@@H](O[C@@H]4OC[C@](O)(COC(=O)C[C@@](C)(O)CC(=O)O)[C@H]4O)[C@H]3O)[C@H](OC(=O)[C@]34CCC(C)(C)C[C@H]3C3=CC[C@@H]5[C@@]6(C)C[C@H](O)[C@H](O[C@@H]7O[C@H](CO)[C@@H](O)[C@H](O)[C@H]7O)[C@@](C)(C(=O)O)[C@@H]6CC[C@@]5(C)[C@]3(CO)CC4)O[C@@H]2C)cc1. The first-order valence-corrected chi connectivity index (χ1v) is 40.3. The summed E-state index contributed by atoms with van der Waals surface area (Å²) in [6.45, 7) is 10.9. The van der Waals surface area contributed by atoms with Crippen molar-refractivity contribution in [2.45, 2.75) is 316 Å². The van der Waals surface area contributed by atoms with Crippen LogP contribution in [0.5, 0.6) is 5.75 Å². The number of aliphatic hydroxyl groups is 16. The van der Waals surface area contributed by atoms with Gasteiger partial charge in [0.1, 0.15) is 110 Å². The minimum absolute atomic E-state index is 0.0332. The summed E-state index contributed by atoms with van der Waals surface area (Å²) >= 11 is 0. The molecule has 38 atom stereocenters. The molecular formula is C80H118O38. The zero-order chi connectivity index (χ0) is 86.4. The summed E-state index contributed by atoms with van der Waals surface area (Å²) in [6.07, 6.45) is -47.1. The van der Waals surface area contributed by atoms with Crippen molar-refractivity contribution >= 4 is 35.9 Å². The number of hydrogen-bond acceptors (Lipinski definition) is 36. The van der Waals surface area contributed by atoms with Gasteiger partial charge in [-0.1, -0.05) is 51.5 Å². The highest BCUT2D eigenvalue weighted by Gasteiger charge is 2.74. The van der Waals surface area contributed by atoms with E-state index >= 15 is 4.79 Å². The summed E-state index contributed by atoms with van der Waals surface area (Å²) in [5.41, 5.74) is -10.4. The Morgan fingerprint density at radius 3 is 1.85 bits per heavy atom. The molecule has 0 bridgehead atoms. The minimum atomic E-state index is -2.54. The summed E-state index contributed by atoms with van der Waals surface area (Å²) in [5.74, 6) is -7.40. The van der Waals surface area contributed by atoms with E-state index in [0.29, 0.717) is 30.6 Å². The summed E-state index contributed by atoms with van der Waals surface area (Å²) in [7, 11) is 1.47. The monoisotopic (exact) mass is 1690 g/mol. The number of fused-ring (bicyclic) bond motifs is 7. The van der Waals surface area contributed by atoms with Gasteiger partial charge in [-0.25, -0.2) is 4.79 Å². The molecule has 6 heterocycles. The maximum atomic E-state index is 16.6. The molecular weight excluding hydrogens is 1570 g/mol. The summed E-state index contributed by atoms with van der Waals surface area (Å²) < 4.78 is 92.3. The van der Waals surface area contributed by atoms with Crippen LogP contribution in [0.25, 0.3) is 6.08 Å². The third kappa shape index (κ3) is 17.1. The molecule has 118 heavy (non-hydrogen) atoms. The lowest BCUT2D eigenvalue weighted by Gasteiger charge is -2.71. The molecule has 38 nitrogen and oxygen atoms in total. The van der Waals surface area contributed by atoms with Crippen molar-refractivity contribution in [3.8, 4) is 5.75 Å². The zero-order valence-corrected chi connectivity index (χ0v) is 67.5. The molecule has 1 aromatic carbocycles. The lowest BCUT2D eigenvalue weighted by molar-refractivity contribution is -0.397. The van der Waals surface area contributed by atoms with Crippen LogP contribution in [0.15, 0.2) is 42.0 Å². The Bertz CT molecular complexity index is 3770. The molecule has 4 saturated carbocycles. The first kappa shape index (κ1) is 92.0. The number of carbonyl (C=O) groups is 5. The van der Waals surface area contributed by atoms with E-state index < -0.39 is 309 Å². The normalized spacial score (nSPS) is 47.3. The summed E-state index contributed by atoms with van der Waals surface area (Å²) in [6, 6.07) is 6.55. The van der Waals surface area contributed by atoms with Crippen molar-refractivity contribution in [3.05, 3.63) is 47.6 Å². The Labute approximate surface area is 680 Å². The number of carbonyl (C=O) groups excluding carboxylic acids is 3. The topological polar surface area (TPSA) is 588 Å². The number of carboxylic acid groups (broad SMARTS) is 2. The van der Waals surface area contributed by atoms with Crippen LogP contribution < -0.4 is 4.74 Å². The predicted molar refractivity (Wildman–Crippen MR) is 394 cm³/mol. The number of ether oxygens (including phenoxy) is 15. The third-order valence-electron chi connectivity index (χ3n) is 27.9. The third-order valence-corrected chi connectivity index (χ3v) is 27.9. The van der Waals surface area contributed by atoms with Gasteiger partial charge in [-0.3, -0.25) is 19.2 Å². The highest BCUT2D eigenvalue weighted by molar-refractivity contribution is 5.87. The van der Waals surface area contributed by atoms with E-state index in [4.69, 9.17) is 71.1 Å². The Hall–Kier alpha value is -5.23. The molecule has 12 rings (SSSR count). The molecule has 6 aliphatic heterocycles. The van der Waals surface area contributed by atoms with Gasteiger partial charge in [0.15, 0.2) is 49.3 Å². The lowest BCUT2D eigenvalue weighted by Crippen LogP contribution is -2.71. The molecule has 18 N–H and O–H groups in total. The number of esters is 3. The Kier molecular flexibility index (Phi) is 27.3. The van der Waals surface area contributed by atoms with Gasteiger partial charge in [0.25, 0.3) is 0 Å². The van der Waals surface area contributed by atoms with Crippen molar-refractivity contribution in [2.75, 3.05) is 40.1 Å². The van der Waals surface area contributed by atoms with Crippen molar-refractivity contribution in [2.24, 2.45) is 50.2 Å². The maximum Gasteiger partial charge on any atom is 0.331 e. The molecule has 5 aliphatic carbocycles. The van der Waals surface area contributed by atoms with Crippen LogP contribution in [-0.2, 0) is 90.3 Å². The molecule has 0 amide bonds. The molecule has 38 heteroatoms. The zero-order valence-electron chi connectivity index (χ0n) is 67.5.